The number of nitrogens with one attached hydrogen (secondary N) is 1. The molecule has 3 heteroatoms. The first kappa shape index (κ1) is 14.8. The number of hydrogen-bond donors (Lipinski definition) is 1. The highest BCUT2D eigenvalue weighted by atomic mass is 79.9. The Morgan fingerprint density at radius 2 is 1.85 bits per heavy atom. The van der Waals surface area contributed by atoms with Crippen LogP contribution < -0.4 is 5.32 Å². The highest BCUT2D eigenvalue weighted by Crippen LogP contribution is 2.25. The summed E-state index contributed by atoms with van der Waals surface area (Å²) in [5, 5.41) is 3.02. The maximum atomic E-state index is 12.4. The van der Waals surface area contributed by atoms with Crippen molar-refractivity contribution in [2.45, 2.75) is 26.7 Å². The second kappa shape index (κ2) is 6.23. The summed E-state index contributed by atoms with van der Waals surface area (Å²) in [7, 11) is 0. The Morgan fingerprint density at radius 3 is 2.55 bits per heavy atom. The van der Waals surface area contributed by atoms with Crippen LogP contribution in [0, 0.1) is 6.92 Å². The van der Waals surface area contributed by atoms with Crippen LogP contribution in [0.5, 0.6) is 0 Å². The van der Waals surface area contributed by atoms with Crippen LogP contribution in [0.25, 0.3) is 0 Å². The van der Waals surface area contributed by atoms with E-state index in [4.69, 9.17) is 0 Å². The smallest absolute Gasteiger partial charge is 0.255 e. The summed E-state index contributed by atoms with van der Waals surface area (Å²) in [4.78, 5) is 12.4. The van der Waals surface area contributed by atoms with Gasteiger partial charge in [0.1, 0.15) is 0 Å². The van der Waals surface area contributed by atoms with Gasteiger partial charge in [0.15, 0.2) is 0 Å². The molecular formula is C17H18BrNO. The fourth-order valence-electron chi connectivity index (χ4n) is 2.14. The van der Waals surface area contributed by atoms with E-state index in [1.54, 1.807) is 0 Å². The molecule has 0 atom stereocenters. The molecule has 1 N–H and O–H groups in total. The minimum absolute atomic E-state index is 0.0723. The number of benzene rings is 2. The van der Waals surface area contributed by atoms with Gasteiger partial charge in [0.05, 0.1) is 0 Å². The minimum Gasteiger partial charge on any atom is -0.322 e. The van der Waals surface area contributed by atoms with Gasteiger partial charge in [-0.2, -0.15) is 0 Å². The van der Waals surface area contributed by atoms with Crippen molar-refractivity contribution in [1.82, 2.24) is 0 Å². The van der Waals surface area contributed by atoms with Gasteiger partial charge < -0.3 is 5.32 Å². The monoisotopic (exact) mass is 331 g/mol. The lowest BCUT2D eigenvalue weighted by atomic mass is 10.0. The predicted octanol–water partition coefficient (Wildman–Crippen LogP) is 5.13. The molecule has 0 aliphatic rings. The SMILES string of the molecule is Cc1ccc(Br)cc1C(=O)Nc1ccccc1C(C)C. The Hall–Kier alpha value is -1.61. The molecule has 20 heavy (non-hydrogen) atoms. The lowest BCUT2D eigenvalue weighted by molar-refractivity contribution is 0.102. The van der Waals surface area contributed by atoms with Gasteiger partial charge in [0, 0.05) is 15.7 Å². The van der Waals surface area contributed by atoms with Gasteiger partial charge in [-0.1, -0.05) is 54.0 Å². The fraction of sp³-hybridized carbons (Fsp3) is 0.235. The summed E-state index contributed by atoms with van der Waals surface area (Å²) in [5.74, 6) is 0.298. The van der Waals surface area contributed by atoms with E-state index in [1.807, 2.05) is 49.4 Å². The van der Waals surface area contributed by atoms with Crippen LogP contribution in [-0.4, -0.2) is 5.91 Å². The van der Waals surface area contributed by atoms with E-state index >= 15 is 0 Å². The van der Waals surface area contributed by atoms with Gasteiger partial charge in [-0.15, -0.1) is 0 Å². The normalized spacial score (nSPS) is 10.7. The summed E-state index contributed by atoms with van der Waals surface area (Å²) in [5.41, 5.74) is 3.69. The average Bonchev–Trinajstić information content (AvgIpc) is 2.41. The van der Waals surface area contributed by atoms with Crippen molar-refractivity contribution in [2.75, 3.05) is 5.32 Å². The zero-order chi connectivity index (χ0) is 14.7. The first-order valence-electron chi connectivity index (χ1n) is 6.65. The van der Waals surface area contributed by atoms with Crippen LogP contribution in [0.2, 0.25) is 0 Å². The van der Waals surface area contributed by atoms with Crippen LogP contribution in [0.3, 0.4) is 0 Å². The van der Waals surface area contributed by atoms with Crippen LogP contribution in [0.15, 0.2) is 46.9 Å². The first-order chi connectivity index (χ1) is 9.49. The molecule has 0 saturated carbocycles. The Morgan fingerprint density at radius 1 is 1.15 bits per heavy atom. The van der Waals surface area contributed by atoms with E-state index in [2.05, 4.69) is 35.1 Å². The third kappa shape index (κ3) is 3.28. The van der Waals surface area contributed by atoms with E-state index in [1.165, 1.54) is 0 Å². The quantitative estimate of drug-likeness (QED) is 0.829. The van der Waals surface area contributed by atoms with E-state index in [9.17, 15) is 4.79 Å². The summed E-state index contributed by atoms with van der Waals surface area (Å²) >= 11 is 3.41. The average molecular weight is 332 g/mol. The number of rotatable bonds is 3. The molecule has 0 unspecified atom stereocenters. The van der Waals surface area contributed by atoms with E-state index < -0.39 is 0 Å². The van der Waals surface area contributed by atoms with Crippen LogP contribution in [0.1, 0.15) is 41.3 Å². The molecular weight excluding hydrogens is 314 g/mol. The number of carbonyl (C=O) groups is 1. The number of para-hydroxylation sites is 1. The summed E-state index contributed by atoms with van der Waals surface area (Å²) in [6.45, 7) is 6.18. The number of amides is 1. The largest absolute Gasteiger partial charge is 0.322 e. The van der Waals surface area contributed by atoms with Gasteiger partial charge in [0.25, 0.3) is 5.91 Å². The van der Waals surface area contributed by atoms with Crippen molar-refractivity contribution in [3.63, 3.8) is 0 Å². The molecule has 0 spiro atoms. The van der Waals surface area contributed by atoms with Gasteiger partial charge in [0.2, 0.25) is 0 Å². The standard InChI is InChI=1S/C17H18BrNO/c1-11(2)14-6-4-5-7-16(14)19-17(20)15-10-13(18)9-8-12(15)3/h4-11H,1-3H3,(H,19,20). The van der Waals surface area contributed by atoms with Gasteiger partial charge in [-0.25, -0.2) is 0 Å². The molecule has 2 nitrogen and oxygen atoms in total. The Kier molecular flexibility index (Phi) is 4.61. The second-order valence-corrected chi connectivity index (χ2v) is 6.07. The molecule has 0 radical (unpaired) electrons. The van der Waals surface area contributed by atoms with Crippen molar-refractivity contribution in [2.24, 2.45) is 0 Å². The predicted molar refractivity (Wildman–Crippen MR) is 87.4 cm³/mol. The summed E-state index contributed by atoms with van der Waals surface area (Å²) in [6, 6.07) is 13.7. The lowest BCUT2D eigenvalue weighted by Gasteiger charge is -2.14. The Bertz CT molecular complexity index is 635. The van der Waals surface area contributed by atoms with E-state index in [0.717, 1.165) is 21.3 Å². The molecule has 0 bridgehead atoms. The molecule has 0 saturated heterocycles. The minimum atomic E-state index is -0.0723. The van der Waals surface area contributed by atoms with Crippen LogP contribution >= 0.6 is 15.9 Å². The molecule has 0 fully saturated rings. The lowest BCUT2D eigenvalue weighted by Crippen LogP contribution is -2.15. The highest BCUT2D eigenvalue weighted by Gasteiger charge is 2.13. The molecule has 0 heterocycles. The van der Waals surface area contributed by atoms with Crippen molar-refractivity contribution in [3.05, 3.63) is 63.6 Å². The summed E-state index contributed by atoms with van der Waals surface area (Å²) < 4.78 is 0.908. The number of aryl methyl sites for hydroxylation is 1. The molecule has 0 aliphatic carbocycles. The zero-order valence-corrected chi connectivity index (χ0v) is 13.5. The molecule has 0 aliphatic heterocycles. The van der Waals surface area contributed by atoms with Gasteiger partial charge >= 0.3 is 0 Å². The molecule has 2 aromatic carbocycles. The number of carbonyl (C=O) groups excluding carboxylic acids is 1. The molecule has 2 rings (SSSR count). The third-order valence-electron chi connectivity index (χ3n) is 3.28. The molecule has 2 aromatic rings. The Balaban J connectivity index is 2.31. The van der Waals surface area contributed by atoms with Gasteiger partial charge in [-0.05, 0) is 42.2 Å². The first-order valence-corrected chi connectivity index (χ1v) is 7.44. The van der Waals surface area contributed by atoms with Gasteiger partial charge in [-0.3, -0.25) is 4.79 Å². The maximum absolute atomic E-state index is 12.4. The summed E-state index contributed by atoms with van der Waals surface area (Å²) in [6.07, 6.45) is 0. The topological polar surface area (TPSA) is 29.1 Å². The molecule has 0 aromatic heterocycles. The van der Waals surface area contributed by atoms with Crippen molar-refractivity contribution < 1.29 is 4.79 Å². The van der Waals surface area contributed by atoms with Crippen LogP contribution in [-0.2, 0) is 0 Å². The van der Waals surface area contributed by atoms with E-state index in [0.29, 0.717) is 11.5 Å². The third-order valence-corrected chi connectivity index (χ3v) is 3.77. The fourth-order valence-corrected chi connectivity index (χ4v) is 2.50. The number of halogens is 1. The Labute approximate surface area is 128 Å². The van der Waals surface area contributed by atoms with E-state index in [-0.39, 0.29) is 5.91 Å². The molecule has 1 amide bonds. The molecule has 104 valence electrons. The van der Waals surface area contributed by atoms with Crippen molar-refractivity contribution in [3.8, 4) is 0 Å². The second-order valence-electron chi connectivity index (χ2n) is 5.16. The van der Waals surface area contributed by atoms with Crippen molar-refractivity contribution in [1.29, 1.82) is 0 Å². The number of hydrogen-bond acceptors (Lipinski definition) is 1. The number of anilines is 1. The van der Waals surface area contributed by atoms with Crippen LogP contribution in [0.4, 0.5) is 5.69 Å². The highest BCUT2D eigenvalue weighted by molar-refractivity contribution is 9.10. The zero-order valence-electron chi connectivity index (χ0n) is 11.9. The maximum Gasteiger partial charge on any atom is 0.255 e. The van der Waals surface area contributed by atoms with Crippen molar-refractivity contribution >= 4 is 27.5 Å².